The van der Waals surface area contributed by atoms with Gasteiger partial charge in [-0.3, -0.25) is 4.79 Å². The first kappa shape index (κ1) is 14.5. The number of piperidine rings is 1. The van der Waals surface area contributed by atoms with Crippen LogP contribution < -0.4 is 10.6 Å². The Kier molecular flexibility index (Phi) is 4.50. The summed E-state index contributed by atoms with van der Waals surface area (Å²) < 4.78 is 1.81. The number of rotatable bonds is 4. The van der Waals surface area contributed by atoms with Gasteiger partial charge in [0.25, 0.3) is 5.91 Å². The van der Waals surface area contributed by atoms with Gasteiger partial charge in [0.1, 0.15) is 0 Å². The largest absolute Gasteiger partial charge is 0.393 e. The molecule has 7 nitrogen and oxygen atoms in total. The Morgan fingerprint density at radius 3 is 2.90 bits per heavy atom. The van der Waals surface area contributed by atoms with E-state index in [9.17, 15) is 9.90 Å². The molecule has 3 N–H and O–H groups in total. The highest BCUT2D eigenvalue weighted by atomic mass is 16.3. The first-order valence-corrected chi connectivity index (χ1v) is 7.83. The Balaban J connectivity index is 1.53. The van der Waals surface area contributed by atoms with Gasteiger partial charge in [-0.1, -0.05) is 11.6 Å². The lowest BCUT2D eigenvalue weighted by Crippen LogP contribution is -2.32. The highest BCUT2D eigenvalue weighted by molar-refractivity contribution is 5.91. The van der Waals surface area contributed by atoms with E-state index in [4.69, 9.17) is 0 Å². The minimum atomic E-state index is -0.282. The Labute approximate surface area is 124 Å². The van der Waals surface area contributed by atoms with Gasteiger partial charge in [0, 0.05) is 12.5 Å². The molecular formula is C14H23N5O2. The molecule has 1 aromatic rings. The quantitative estimate of drug-likeness (QED) is 0.732. The molecule has 2 unspecified atom stereocenters. The Morgan fingerprint density at radius 1 is 1.38 bits per heavy atom. The second kappa shape index (κ2) is 6.53. The van der Waals surface area contributed by atoms with E-state index in [0.29, 0.717) is 18.3 Å². The summed E-state index contributed by atoms with van der Waals surface area (Å²) in [5.74, 6) is -0.0253. The zero-order valence-corrected chi connectivity index (χ0v) is 12.2. The maximum absolute atomic E-state index is 12.1. The van der Waals surface area contributed by atoms with Crippen LogP contribution in [0.25, 0.3) is 0 Å². The molecule has 116 valence electrons. The van der Waals surface area contributed by atoms with E-state index in [1.807, 2.05) is 0 Å². The third kappa shape index (κ3) is 3.41. The molecule has 1 aliphatic heterocycles. The molecule has 3 rings (SSSR count). The zero-order valence-electron chi connectivity index (χ0n) is 12.2. The molecule has 0 aromatic carbocycles. The van der Waals surface area contributed by atoms with Crippen molar-refractivity contribution in [2.45, 2.75) is 44.2 Å². The number of nitrogens with zero attached hydrogens (tertiary/aromatic N) is 3. The minimum absolute atomic E-state index is 0.174. The molecule has 1 aliphatic carbocycles. The van der Waals surface area contributed by atoms with Crippen molar-refractivity contribution in [3.8, 4) is 0 Å². The van der Waals surface area contributed by atoms with Crippen molar-refractivity contribution in [3.63, 3.8) is 0 Å². The summed E-state index contributed by atoms with van der Waals surface area (Å²) in [6.07, 6.45) is 6.33. The SMILES string of the molecule is O=C(NCC1CCCC1O)c1cn(C2CCNCC2)nn1. The molecule has 0 spiro atoms. The van der Waals surface area contributed by atoms with E-state index < -0.39 is 0 Å². The molecule has 1 amide bonds. The Morgan fingerprint density at radius 2 is 2.19 bits per heavy atom. The van der Waals surface area contributed by atoms with Crippen LogP contribution in [-0.4, -0.2) is 51.7 Å². The number of hydrogen-bond acceptors (Lipinski definition) is 5. The molecule has 2 aliphatic rings. The molecular weight excluding hydrogens is 270 g/mol. The van der Waals surface area contributed by atoms with Gasteiger partial charge in [-0.2, -0.15) is 0 Å². The van der Waals surface area contributed by atoms with Crippen LogP contribution in [0.4, 0.5) is 0 Å². The van der Waals surface area contributed by atoms with E-state index in [-0.39, 0.29) is 17.9 Å². The fourth-order valence-corrected chi connectivity index (χ4v) is 3.20. The van der Waals surface area contributed by atoms with Crippen molar-refractivity contribution >= 4 is 5.91 Å². The molecule has 2 fully saturated rings. The minimum Gasteiger partial charge on any atom is -0.393 e. The summed E-state index contributed by atoms with van der Waals surface area (Å²) >= 11 is 0. The average Bonchev–Trinajstić information content (AvgIpc) is 3.15. The number of amides is 1. The monoisotopic (exact) mass is 293 g/mol. The summed E-state index contributed by atoms with van der Waals surface area (Å²) in [5.41, 5.74) is 0.362. The maximum atomic E-state index is 12.1. The predicted octanol–water partition coefficient (Wildman–Crippen LogP) is 0.0934. The zero-order chi connectivity index (χ0) is 14.7. The second-order valence-electron chi connectivity index (χ2n) is 6.03. The maximum Gasteiger partial charge on any atom is 0.273 e. The molecule has 21 heavy (non-hydrogen) atoms. The second-order valence-corrected chi connectivity index (χ2v) is 6.03. The molecule has 1 saturated carbocycles. The third-order valence-corrected chi connectivity index (χ3v) is 4.57. The van der Waals surface area contributed by atoms with E-state index in [1.54, 1.807) is 10.9 Å². The predicted molar refractivity (Wildman–Crippen MR) is 76.8 cm³/mol. The van der Waals surface area contributed by atoms with Gasteiger partial charge in [-0.05, 0) is 38.8 Å². The van der Waals surface area contributed by atoms with Crippen molar-refractivity contribution < 1.29 is 9.90 Å². The smallest absolute Gasteiger partial charge is 0.273 e. The third-order valence-electron chi connectivity index (χ3n) is 4.57. The van der Waals surface area contributed by atoms with Gasteiger partial charge < -0.3 is 15.7 Å². The first-order chi connectivity index (χ1) is 10.2. The lowest BCUT2D eigenvalue weighted by Gasteiger charge is -2.22. The summed E-state index contributed by atoms with van der Waals surface area (Å²) in [5, 5.41) is 24.0. The van der Waals surface area contributed by atoms with Gasteiger partial charge in [0.15, 0.2) is 5.69 Å². The molecule has 1 saturated heterocycles. The van der Waals surface area contributed by atoms with Crippen LogP contribution in [0.3, 0.4) is 0 Å². The molecule has 0 radical (unpaired) electrons. The van der Waals surface area contributed by atoms with Crippen LogP contribution >= 0.6 is 0 Å². The number of aromatic nitrogens is 3. The number of carbonyl (C=O) groups is 1. The van der Waals surface area contributed by atoms with E-state index in [1.165, 1.54) is 0 Å². The van der Waals surface area contributed by atoms with E-state index in [2.05, 4.69) is 20.9 Å². The van der Waals surface area contributed by atoms with E-state index >= 15 is 0 Å². The molecule has 0 bridgehead atoms. The fraction of sp³-hybridized carbons (Fsp3) is 0.786. The number of aliphatic hydroxyl groups excluding tert-OH is 1. The normalized spacial score (nSPS) is 26.9. The molecule has 1 aromatic heterocycles. The lowest BCUT2D eigenvalue weighted by molar-refractivity contribution is 0.0912. The average molecular weight is 293 g/mol. The summed E-state index contributed by atoms with van der Waals surface area (Å²) in [4.78, 5) is 12.1. The highest BCUT2D eigenvalue weighted by Gasteiger charge is 2.26. The van der Waals surface area contributed by atoms with Crippen LogP contribution in [0.2, 0.25) is 0 Å². The lowest BCUT2D eigenvalue weighted by atomic mass is 10.1. The summed E-state index contributed by atoms with van der Waals surface area (Å²) in [6.45, 7) is 2.47. The van der Waals surface area contributed by atoms with Gasteiger partial charge in [0.2, 0.25) is 0 Å². The highest BCUT2D eigenvalue weighted by Crippen LogP contribution is 2.24. The van der Waals surface area contributed by atoms with Crippen molar-refractivity contribution in [2.75, 3.05) is 19.6 Å². The number of hydrogen-bond donors (Lipinski definition) is 3. The van der Waals surface area contributed by atoms with Crippen LogP contribution in [0.1, 0.15) is 48.6 Å². The van der Waals surface area contributed by atoms with E-state index in [0.717, 1.165) is 45.2 Å². The van der Waals surface area contributed by atoms with Crippen LogP contribution in [0.15, 0.2) is 6.20 Å². The van der Waals surface area contributed by atoms with Crippen LogP contribution in [0.5, 0.6) is 0 Å². The summed E-state index contributed by atoms with van der Waals surface area (Å²) in [6, 6.07) is 0.331. The number of aliphatic hydroxyl groups is 1. The van der Waals surface area contributed by atoms with Crippen molar-refractivity contribution in [1.29, 1.82) is 0 Å². The topological polar surface area (TPSA) is 92.1 Å². The fourth-order valence-electron chi connectivity index (χ4n) is 3.20. The molecule has 2 atom stereocenters. The standard InChI is InChI=1S/C14H23N5O2/c20-13-3-1-2-10(13)8-16-14(21)12-9-19(18-17-12)11-4-6-15-7-5-11/h9-11,13,15,20H,1-8H2,(H,16,21). The molecule has 7 heteroatoms. The van der Waals surface area contributed by atoms with Crippen molar-refractivity contribution in [1.82, 2.24) is 25.6 Å². The van der Waals surface area contributed by atoms with Gasteiger partial charge in [-0.15, -0.1) is 5.10 Å². The Hall–Kier alpha value is -1.47. The first-order valence-electron chi connectivity index (χ1n) is 7.83. The number of nitrogens with one attached hydrogen (secondary N) is 2. The summed E-state index contributed by atoms with van der Waals surface area (Å²) in [7, 11) is 0. The Bertz CT molecular complexity index is 483. The van der Waals surface area contributed by atoms with Crippen LogP contribution in [-0.2, 0) is 0 Å². The van der Waals surface area contributed by atoms with Gasteiger partial charge in [0.05, 0.1) is 18.3 Å². The van der Waals surface area contributed by atoms with Crippen LogP contribution in [0, 0.1) is 5.92 Å². The van der Waals surface area contributed by atoms with Crippen molar-refractivity contribution in [3.05, 3.63) is 11.9 Å². The molecule has 2 heterocycles. The van der Waals surface area contributed by atoms with Crippen molar-refractivity contribution in [2.24, 2.45) is 5.92 Å². The van der Waals surface area contributed by atoms with Gasteiger partial charge >= 0.3 is 0 Å². The van der Waals surface area contributed by atoms with Gasteiger partial charge in [-0.25, -0.2) is 4.68 Å². The number of carbonyl (C=O) groups excluding carboxylic acids is 1.